The molecule has 27 heavy (non-hydrogen) atoms. The Balaban J connectivity index is 1.73. The Bertz CT molecular complexity index is 1110. The molecule has 0 radical (unpaired) electrons. The Hall–Kier alpha value is -3.66. The van der Waals surface area contributed by atoms with Gasteiger partial charge in [0.2, 0.25) is 0 Å². The van der Waals surface area contributed by atoms with E-state index in [0.29, 0.717) is 5.56 Å². The van der Waals surface area contributed by atoms with E-state index in [1.165, 1.54) is 5.56 Å². The molecule has 134 valence electrons. The van der Waals surface area contributed by atoms with Gasteiger partial charge in [-0.1, -0.05) is 12.1 Å². The molecule has 0 aliphatic carbocycles. The molecular weight excluding hydrogens is 338 g/mol. The SMILES string of the molecule is Cn1cc(CCn2cnc(-c3cnn(C)c3)c2-c2ccc(C#N)cc2)cn1. The van der Waals surface area contributed by atoms with Crippen molar-refractivity contribution in [1.29, 1.82) is 5.26 Å². The van der Waals surface area contributed by atoms with Crippen LogP contribution in [-0.2, 0) is 27.1 Å². The van der Waals surface area contributed by atoms with Crippen LogP contribution in [0.15, 0.2) is 55.4 Å². The van der Waals surface area contributed by atoms with E-state index in [2.05, 4.69) is 25.8 Å². The van der Waals surface area contributed by atoms with Gasteiger partial charge < -0.3 is 4.57 Å². The third kappa shape index (κ3) is 3.37. The van der Waals surface area contributed by atoms with Gasteiger partial charge in [0, 0.05) is 44.2 Å². The molecule has 1 aromatic carbocycles. The number of nitriles is 1. The van der Waals surface area contributed by atoms with Gasteiger partial charge in [-0.2, -0.15) is 15.5 Å². The quantitative estimate of drug-likeness (QED) is 0.550. The van der Waals surface area contributed by atoms with Gasteiger partial charge in [0.05, 0.1) is 41.7 Å². The number of imidazole rings is 1. The molecule has 0 spiro atoms. The van der Waals surface area contributed by atoms with Gasteiger partial charge >= 0.3 is 0 Å². The van der Waals surface area contributed by atoms with Crippen LogP contribution in [0.5, 0.6) is 0 Å². The lowest BCUT2D eigenvalue weighted by atomic mass is 10.1. The van der Waals surface area contributed by atoms with Crippen molar-refractivity contribution in [1.82, 2.24) is 29.1 Å². The van der Waals surface area contributed by atoms with Gasteiger partial charge in [-0.15, -0.1) is 0 Å². The van der Waals surface area contributed by atoms with Gasteiger partial charge in [-0.3, -0.25) is 9.36 Å². The largest absolute Gasteiger partial charge is 0.330 e. The highest BCUT2D eigenvalue weighted by atomic mass is 15.2. The lowest BCUT2D eigenvalue weighted by Gasteiger charge is -2.10. The van der Waals surface area contributed by atoms with E-state index in [1.807, 2.05) is 74.2 Å². The number of aromatic nitrogens is 6. The van der Waals surface area contributed by atoms with Crippen LogP contribution < -0.4 is 0 Å². The van der Waals surface area contributed by atoms with Crippen molar-refractivity contribution < 1.29 is 0 Å². The standard InChI is InChI=1S/C20H19N7/c1-25-12-16(10-23-25)7-8-27-14-22-19(18-11-24-26(2)13-18)20(27)17-5-3-15(9-21)4-6-17/h3-6,10-14H,7-8H2,1-2H3. The maximum absolute atomic E-state index is 9.07. The second-order valence-electron chi connectivity index (χ2n) is 6.50. The minimum absolute atomic E-state index is 0.642. The van der Waals surface area contributed by atoms with Crippen molar-refractivity contribution in [2.24, 2.45) is 14.1 Å². The van der Waals surface area contributed by atoms with Gasteiger partial charge in [0.25, 0.3) is 0 Å². The summed E-state index contributed by atoms with van der Waals surface area (Å²) in [6, 6.07) is 9.77. The zero-order chi connectivity index (χ0) is 18.8. The number of hydrogen-bond donors (Lipinski definition) is 0. The molecular formula is C20H19N7. The molecule has 3 aromatic heterocycles. The van der Waals surface area contributed by atoms with Crippen LogP contribution in [0.25, 0.3) is 22.5 Å². The third-order valence-electron chi connectivity index (χ3n) is 4.50. The summed E-state index contributed by atoms with van der Waals surface area (Å²) in [5, 5.41) is 17.6. The molecule has 7 nitrogen and oxygen atoms in total. The molecule has 0 N–H and O–H groups in total. The van der Waals surface area contributed by atoms with Crippen LogP contribution in [-0.4, -0.2) is 29.1 Å². The van der Waals surface area contributed by atoms with E-state index in [-0.39, 0.29) is 0 Å². The third-order valence-corrected chi connectivity index (χ3v) is 4.50. The maximum atomic E-state index is 9.07. The van der Waals surface area contributed by atoms with E-state index in [0.717, 1.165) is 35.5 Å². The summed E-state index contributed by atoms with van der Waals surface area (Å²) in [6.45, 7) is 0.786. The van der Waals surface area contributed by atoms with Gasteiger partial charge in [-0.25, -0.2) is 4.98 Å². The smallest absolute Gasteiger partial charge is 0.0994 e. The predicted octanol–water partition coefficient (Wildman–Crippen LogP) is 2.80. The summed E-state index contributed by atoms with van der Waals surface area (Å²) in [7, 11) is 3.81. The predicted molar refractivity (Wildman–Crippen MR) is 101 cm³/mol. The summed E-state index contributed by atoms with van der Waals surface area (Å²) in [5.41, 5.74) is 5.73. The average Bonchev–Trinajstić information content (AvgIpc) is 3.39. The van der Waals surface area contributed by atoms with E-state index >= 15 is 0 Å². The normalized spacial score (nSPS) is 10.9. The molecule has 3 heterocycles. The number of rotatable bonds is 5. The zero-order valence-corrected chi connectivity index (χ0v) is 15.2. The molecule has 0 bridgehead atoms. The topological polar surface area (TPSA) is 77.2 Å². The van der Waals surface area contributed by atoms with Crippen LogP contribution in [0.3, 0.4) is 0 Å². The van der Waals surface area contributed by atoms with Gasteiger partial charge in [0.15, 0.2) is 0 Å². The monoisotopic (exact) mass is 357 g/mol. The first-order valence-corrected chi connectivity index (χ1v) is 8.66. The van der Waals surface area contributed by atoms with Gasteiger partial charge in [0.1, 0.15) is 0 Å². The fourth-order valence-electron chi connectivity index (χ4n) is 3.16. The van der Waals surface area contributed by atoms with Crippen molar-refractivity contribution in [3.8, 4) is 28.6 Å². The highest BCUT2D eigenvalue weighted by Crippen LogP contribution is 2.31. The van der Waals surface area contributed by atoms with Crippen molar-refractivity contribution in [3.05, 3.63) is 66.5 Å². The minimum atomic E-state index is 0.642. The first kappa shape index (κ1) is 16.8. The fourth-order valence-corrected chi connectivity index (χ4v) is 3.16. The van der Waals surface area contributed by atoms with Crippen LogP contribution in [0.1, 0.15) is 11.1 Å². The Morgan fingerprint density at radius 2 is 1.70 bits per heavy atom. The molecule has 0 fully saturated rings. The molecule has 0 amide bonds. The van der Waals surface area contributed by atoms with E-state index < -0.39 is 0 Å². The Labute approximate surface area is 157 Å². The molecule has 4 aromatic rings. The van der Waals surface area contributed by atoms with Crippen molar-refractivity contribution >= 4 is 0 Å². The number of benzene rings is 1. The Morgan fingerprint density at radius 3 is 2.33 bits per heavy atom. The Morgan fingerprint density at radius 1 is 0.963 bits per heavy atom. The fraction of sp³-hybridized carbons (Fsp3) is 0.200. The highest BCUT2D eigenvalue weighted by molar-refractivity contribution is 5.78. The summed E-state index contributed by atoms with van der Waals surface area (Å²) in [6.07, 6.45) is 10.4. The molecule has 0 saturated carbocycles. The van der Waals surface area contributed by atoms with Crippen molar-refractivity contribution in [3.63, 3.8) is 0 Å². The summed E-state index contributed by atoms with van der Waals surface area (Å²) >= 11 is 0. The number of nitrogens with zero attached hydrogens (tertiary/aromatic N) is 7. The maximum Gasteiger partial charge on any atom is 0.0994 e. The van der Waals surface area contributed by atoms with Crippen LogP contribution in [0, 0.1) is 11.3 Å². The molecule has 0 atom stereocenters. The van der Waals surface area contributed by atoms with Crippen LogP contribution >= 0.6 is 0 Å². The number of aryl methyl sites for hydroxylation is 4. The summed E-state index contributed by atoms with van der Waals surface area (Å²) < 4.78 is 5.73. The lowest BCUT2D eigenvalue weighted by molar-refractivity contribution is 0.700. The highest BCUT2D eigenvalue weighted by Gasteiger charge is 2.16. The van der Waals surface area contributed by atoms with E-state index in [4.69, 9.17) is 5.26 Å². The number of hydrogen-bond acceptors (Lipinski definition) is 4. The van der Waals surface area contributed by atoms with Crippen LogP contribution in [0.2, 0.25) is 0 Å². The van der Waals surface area contributed by atoms with E-state index in [1.54, 1.807) is 4.68 Å². The molecule has 0 saturated heterocycles. The molecule has 0 unspecified atom stereocenters. The second-order valence-corrected chi connectivity index (χ2v) is 6.50. The molecule has 7 heteroatoms. The summed E-state index contributed by atoms with van der Waals surface area (Å²) in [4.78, 5) is 4.66. The van der Waals surface area contributed by atoms with Gasteiger partial charge in [-0.05, 0) is 24.1 Å². The van der Waals surface area contributed by atoms with Crippen molar-refractivity contribution in [2.45, 2.75) is 13.0 Å². The van der Waals surface area contributed by atoms with Crippen molar-refractivity contribution in [2.75, 3.05) is 0 Å². The molecule has 4 rings (SSSR count). The minimum Gasteiger partial charge on any atom is -0.330 e. The van der Waals surface area contributed by atoms with Crippen LogP contribution in [0.4, 0.5) is 0 Å². The second kappa shape index (κ2) is 6.92. The summed E-state index contributed by atoms with van der Waals surface area (Å²) in [5.74, 6) is 0. The average molecular weight is 357 g/mol. The van der Waals surface area contributed by atoms with E-state index in [9.17, 15) is 0 Å². The zero-order valence-electron chi connectivity index (χ0n) is 15.2. The molecule has 0 aliphatic rings. The Kier molecular flexibility index (Phi) is 4.30. The lowest BCUT2D eigenvalue weighted by Crippen LogP contribution is -2.02. The molecule has 0 aliphatic heterocycles. The first-order chi connectivity index (χ1) is 13.1. The first-order valence-electron chi connectivity index (χ1n) is 8.66.